The number of rotatable bonds is 6. The van der Waals surface area contributed by atoms with E-state index in [2.05, 4.69) is 44.3 Å². The van der Waals surface area contributed by atoms with Gasteiger partial charge in [-0.3, -0.25) is 0 Å². The van der Waals surface area contributed by atoms with Crippen molar-refractivity contribution in [2.24, 2.45) is 4.36 Å². The van der Waals surface area contributed by atoms with E-state index in [0.29, 0.717) is 16.5 Å². The number of benzene rings is 3. The van der Waals surface area contributed by atoms with Crippen LogP contribution >= 0.6 is 11.6 Å². The van der Waals surface area contributed by atoms with E-state index < -0.39 is 9.92 Å². The van der Waals surface area contributed by atoms with Gasteiger partial charge in [-0.1, -0.05) is 35.9 Å². The first-order valence-electron chi connectivity index (χ1n) is 10.3. The average Bonchev–Trinajstić information content (AvgIpc) is 2.93. The van der Waals surface area contributed by atoms with Crippen molar-refractivity contribution in [1.29, 1.82) is 0 Å². The maximum Gasteiger partial charge on any atom is 0.137 e. The van der Waals surface area contributed by atoms with Crippen LogP contribution in [-0.4, -0.2) is 24.3 Å². The summed E-state index contributed by atoms with van der Waals surface area (Å²) in [4.78, 5) is 2.78. The third kappa shape index (κ3) is 4.76. The van der Waals surface area contributed by atoms with Gasteiger partial charge in [-0.25, -0.2) is 17.7 Å². The zero-order valence-electron chi connectivity index (χ0n) is 17.4. The van der Waals surface area contributed by atoms with Gasteiger partial charge in [0.25, 0.3) is 0 Å². The Balaban J connectivity index is 1.52. The number of fused-ring (bicyclic) bond motifs is 2. The summed E-state index contributed by atoms with van der Waals surface area (Å²) >= 11 is 6.33. The van der Waals surface area contributed by atoms with Crippen LogP contribution in [0.1, 0.15) is 17.5 Å². The van der Waals surface area contributed by atoms with Gasteiger partial charge in [0.15, 0.2) is 0 Å². The molecule has 4 nitrogen and oxygen atoms in total. The molecule has 0 saturated carbocycles. The smallest absolute Gasteiger partial charge is 0.137 e. The highest BCUT2D eigenvalue weighted by Gasteiger charge is 2.21. The minimum absolute atomic E-state index is 0.362. The van der Waals surface area contributed by atoms with E-state index in [1.165, 1.54) is 48.1 Å². The molecule has 0 radical (unpaired) electrons. The van der Waals surface area contributed by atoms with Gasteiger partial charge < -0.3 is 4.90 Å². The Hall–Kier alpha value is -2.41. The number of hydrogen-bond donors (Lipinski definition) is 1. The molecule has 1 aliphatic heterocycles. The number of para-hydroxylation sites is 1. The molecule has 0 aliphatic carbocycles. The van der Waals surface area contributed by atoms with Crippen molar-refractivity contribution in [3.05, 3.63) is 88.7 Å². The highest BCUT2D eigenvalue weighted by Crippen LogP contribution is 2.37. The number of hydrogen-bond acceptors (Lipinski definition) is 3. The zero-order valence-corrected chi connectivity index (χ0v) is 18.9. The Morgan fingerprint density at radius 3 is 2.48 bits per heavy atom. The fourth-order valence-corrected chi connectivity index (χ4v) is 5.54. The Labute approximate surface area is 188 Å². The Morgan fingerprint density at radius 1 is 1.03 bits per heavy atom. The lowest BCUT2D eigenvalue weighted by Crippen LogP contribution is -2.28. The molecule has 1 atom stereocenters. The van der Waals surface area contributed by atoms with E-state index in [1.807, 2.05) is 12.1 Å². The van der Waals surface area contributed by atoms with Crippen molar-refractivity contribution in [3.63, 3.8) is 0 Å². The number of halogens is 2. The second kappa shape index (κ2) is 9.39. The van der Waals surface area contributed by atoms with Crippen molar-refractivity contribution in [1.82, 2.24) is 4.72 Å². The molecule has 162 valence electrons. The van der Waals surface area contributed by atoms with Gasteiger partial charge in [0.1, 0.15) is 15.7 Å². The molecule has 1 aliphatic rings. The lowest BCUT2D eigenvalue weighted by atomic mass is 10.0. The molecule has 1 unspecified atom stereocenters. The molecule has 0 fully saturated rings. The lowest BCUT2D eigenvalue weighted by molar-refractivity contribution is 0.625. The van der Waals surface area contributed by atoms with Crippen LogP contribution in [0.5, 0.6) is 0 Å². The van der Waals surface area contributed by atoms with Crippen LogP contribution < -0.4 is 9.62 Å². The van der Waals surface area contributed by atoms with E-state index in [9.17, 15) is 8.60 Å². The standard InChI is InChI=1S/C24H25ClFN3OS/c1-27-31(30,22-13-11-21(26)12-14-22)28-15-4-16-29-23-6-3-2-5-18(23)7-8-19-9-10-20(25)17-24(19)29/h2-3,5-6,9-14,17H,4,7-8,15-16H2,1H3,(H,27,28,30). The minimum atomic E-state index is -2.79. The molecule has 3 aromatic rings. The van der Waals surface area contributed by atoms with Gasteiger partial charge in [0.05, 0.1) is 4.90 Å². The van der Waals surface area contributed by atoms with Crippen LogP contribution in [0.3, 0.4) is 0 Å². The maximum atomic E-state index is 13.2. The molecule has 3 aromatic carbocycles. The predicted octanol–water partition coefficient (Wildman–Crippen LogP) is 5.77. The van der Waals surface area contributed by atoms with Crippen LogP contribution in [0.4, 0.5) is 15.8 Å². The average molecular weight is 458 g/mol. The summed E-state index contributed by atoms with van der Waals surface area (Å²) in [7, 11) is -1.28. The third-order valence-electron chi connectivity index (χ3n) is 5.53. The molecule has 1 N–H and O–H groups in total. The number of aryl methyl sites for hydroxylation is 2. The van der Waals surface area contributed by atoms with Crippen molar-refractivity contribution in [2.75, 3.05) is 25.0 Å². The summed E-state index contributed by atoms with van der Waals surface area (Å²) in [5.74, 6) is -0.362. The van der Waals surface area contributed by atoms with Crippen molar-refractivity contribution < 1.29 is 8.60 Å². The Kier molecular flexibility index (Phi) is 6.60. The van der Waals surface area contributed by atoms with E-state index in [-0.39, 0.29) is 5.82 Å². The van der Waals surface area contributed by atoms with Gasteiger partial charge in [-0.15, -0.1) is 0 Å². The zero-order chi connectivity index (χ0) is 21.8. The first-order valence-corrected chi connectivity index (χ1v) is 12.2. The van der Waals surface area contributed by atoms with Gasteiger partial charge in [-0.05, 0) is 72.9 Å². The molecular formula is C24H25ClFN3OS. The van der Waals surface area contributed by atoms with E-state index >= 15 is 0 Å². The predicted molar refractivity (Wildman–Crippen MR) is 126 cm³/mol. The summed E-state index contributed by atoms with van der Waals surface area (Å²) in [6, 6.07) is 20.1. The summed E-state index contributed by atoms with van der Waals surface area (Å²) in [6.07, 6.45) is 2.69. The van der Waals surface area contributed by atoms with Crippen LogP contribution in [0, 0.1) is 5.82 Å². The third-order valence-corrected chi connectivity index (χ3v) is 7.79. The van der Waals surface area contributed by atoms with Crippen LogP contribution in [-0.2, 0) is 22.8 Å². The highest BCUT2D eigenvalue weighted by molar-refractivity contribution is 7.91. The molecule has 31 heavy (non-hydrogen) atoms. The highest BCUT2D eigenvalue weighted by atomic mass is 35.5. The van der Waals surface area contributed by atoms with Gasteiger partial charge in [0.2, 0.25) is 0 Å². The summed E-state index contributed by atoms with van der Waals surface area (Å²) in [5.41, 5.74) is 4.88. The molecule has 0 aromatic heterocycles. The Morgan fingerprint density at radius 2 is 1.74 bits per heavy atom. The van der Waals surface area contributed by atoms with Crippen LogP contribution in [0.15, 0.2) is 76.0 Å². The second-order valence-corrected chi connectivity index (χ2v) is 10.1. The molecule has 0 spiro atoms. The number of anilines is 2. The first kappa shape index (κ1) is 21.8. The van der Waals surface area contributed by atoms with E-state index in [1.54, 1.807) is 0 Å². The number of nitrogens with one attached hydrogen (secondary N) is 1. The van der Waals surface area contributed by atoms with E-state index in [0.717, 1.165) is 31.5 Å². The van der Waals surface area contributed by atoms with Crippen LogP contribution in [0.25, 0.3) is 0 Å². The minimum Gasteiger partial charge on any atom is -0.341 e. The van der Waals surface area contributed by atoms with Crippen molar-refractivity contribution >= 4 is 32.9 Å². The van der Waals surface area contributed by atoms with Gasteiger partial charge in [0, 0.05) is 36.5 Å². The SMILES string of the molecule is CN=S(=O)(NCCCN1c2ccccc2CCc2ccc(Cl)cc21)c1ccc(F)cc1. The molecule has 0 amide bonds. The topological polar surface area (TPSA) is 44.7 Å². The second-order valence-electron chi connectivity index (χ2n) is 7.46. The van der Waals surface area contributed by atoms with Gasteiger partial charge >= 0.3 is 0 Å². The summed E-state index contributed by atoms with van der Waals surface area (Å²) < 4.78 is 33.6. The fourth-order valence-electron chi connectivity index (χ4n) is 3.95. The number of nitrogens with zero attached hydrogens (tertiary/aromatic N) is 2. The summed E-state index contributed by atoms with van der Waals surface area (Å²) in [6.45, 7) is 1.24. The molecule has 0 bridgehead atoms. The Bertz CT molecular complexity index is 1190. The molecule has 0 saturated heterocycles. The summed E-state index contributed by atoms with van der Waals surface area (Å²) in [5, 5.41) is 0.713. The molecule has 7 heteroatoms. The fraction of sp³-hybridized carbons (Fsp3) is 0.250. The molecule has 4 rings (SSSR count). The van der Waals surface area contributed by atoms with E-state index in [4.69, 9.17) is 11.6 Å². The lowest BCUT2D eigenvalue weighted by Gasteiger charge is -2.27. The molecular weight excluding hydrogens is 433 g/mol. The largest absolute Gasteiger partial charge is 0.341 e. The monoisotopic (exact) mass is 457 g/mol. The van der Waals surface area contributed by atoms with Gasteiger partial charge in [-0.2, -0.15) is 0 Å². The molecule has 1 heterocycles. The normalized spacial score (nSPS) is 14.9. The maximum absolute atomic E-state index is 13.2. The van der Waals surface area contributed by atoms with Crippen molar-refractivity contribution in [2.45, 2.75) is 24.2 Å². The van der Waals surface area contributed by atoms with Crippen molar-refractivity contribution in [3.8, 4) is 0 Å². The van der Waals surface area contributed by atoms with Crippen LogP contribution in [0.2, 0.25) is 5.02 Å². The first-order chi connectivity index (χ1) is 15.0. The quantitative estimate of drug-likeness (QED) is 0.478.